The standard InChI is InChI=1S/C23H33N5O/c1-2-21-23(27-19-7-9-20(29)10-8-19)28-22(15-25-21)26-18-5-3-16(4-6-18)17-11-13-24-14-12-17/h3-6,15,17,19-20,24,29H,2,7-14H2,1H3,(H2,26,27,28)/t19-,20-. The number of anilines is 3. The highest BCUT2D eigenvalue weighted by Crippen LogP contribution is 2.28. The summed E-state index contributed by atoms with van der Waals surface area (Å²) in [6, 6.07) is 9.11. The largest absolute Gasteiger partial charge is 0.393 e. The van der Waals surface area contributed by atoms with Crippen molar-refractivity contribution in [3.8, 4) is 0 Å². The zero-order chi connectivity index (χ0) is 20.1. The number of rotatable bonds is 6. The van der Waals surface area contributed by atoms with Crippen LogP contribution in [-0.4, -0.2) is 40.3 Å². The van der Waals surface area contributed by atoms with Crippen molar-refractivity contribution in [3.05, 3.63) is 41.7 Å². The zero-order valence-corrected chi connectivity index (χ0v) is 17.3. The summed E-state index contributed by atoms with van der Waals surface area (Å²) in [7, 11) is 0. The van der Waals surface area contributed by atoms with E-state index in [1.165, 1.54) is 18.4 Å². The molecule has 1 aromatic carbocycles. The molecular formula is C23H33N5O. The van der Waals surface area contributed by atoms with Crippen LogP contribution < -0.4 is 16.0 Å². The summed E-state index contributed by atoms with van der Waals surface area (Å²) in [6.45, 7) is 4.33. The Morgan fingerprint density at radius 2 is 1.76 bits per heavy atom. The molecule has 6 nitrogen and oxygen atoms in total. The highest BCUT2D eigenvalue weighted by atomic mass is 16.3. The van der Waals surface area contributed by atoms with Crippen molar-refractivity contribution in [3.63, 3.8) is 0 Å². The average Bonchev–Trinajstić information content (AvgIpc) is 2.77. The number of nitrogens with one attached hydrogen (secondary N) is 3. The Balaban J connectivity index is 1.43. The average molecular weight is 396 g/mol. The summed E-state index contributed by atoms with van der Waals surface area (Å²) in [5.74, 6) is 2.29. The van der Waals surface area contributed by atoms with Crippen LogP contribution in [0.3, 0.4) is 0 Å². The summed E-state index contributed by atoms with van der Waals surface area (Å²) < 4.78 is 0. The van der Waals surface area contributed by atoms with E-state index in [0.717, 1.165) is 68.2 Å². The van der Waals surface area contributed by atoms with Gasteiger partial charge in [0.05, 0.1) is 18.0 Å². The van der Waals surface area contributed by atoms with E-state index in [-0.39, 0.29) is 6.10 Å². The number of aliphatic hydroxyl groups is 1. The minimum atomic E-state index is -0.148. The summed E-state index contributed by atoms with van der Waals surface area (Å²) in [5, 5.41) is 20.1. The maximum Gasteiger partial charge on any atom is 0.151 e. The van der Waals surface area contributed by atoms with Crippen molar-refractivity contribution in [2.75, 3.05) is 23.7 Å². The maximum atomic E-state index is 9.74. The van der Waals surface area contributed by atoms with Gasteiger partial charge in [-0.1, -0.05) is 19.1 Å². The Kier molecular flexibility index (Phi) is 6.62. The smallest absolute Gasteiger partial charge is 0.151 e. The molecule has 4 rings (SSSR count). The number of benzene rings is 1. The summed E-state index contributed by atoms with van der Waals surface area (Å²) in [5.41, 5.74) is 3.45. The van der Waals surface area contributed by atoms with E-state index in [4.69, 9.17) is 4.98 Å². The highest BCUT2D eigenvalue weighted by molar-refractivity contribution is 5.58. The van der Waals surface area contributed by atoms with Gasteiger partial charge in [-0.05, 0) is 81.6 Å². The van der Waals surface area contributed by atoms with Crippen LogP contribution in [0, 0.1) is 0 Å². The fraction of sp³-hybridized carbons (Fsp3) is 0.565. The lowest BCUT2D eigenvalue weighted by Gasteiger charge is -2.27. The van der Waals surface area contributed by atoms with Gasteiger partial charge < -0.3 is 21.1 Å². The molecule has 0 amide bonds. The minimum Gasteiger partial charge on any atom is -0.393 e. The Morgan fingerprint density at radius 3 is 2.45 bits per heavy atom. The molecule has 2 aromatic rings. The van der Waals surface area contributed by atoms with Gasteiger partial charge in [0, 0.05) is 11.7 Å². The van der Waals surface area contributed by atoms with Gasteiger partial charge in [-0.2, -0.15) is 0 Å². The Labute approximate surface area is 173 Å². The van der Waals surface area contributed by atoms with Gasteiger partial charge in [-0.25, -0.2) is 4.98 Å². The van der Waals surface area contributed by atoms with E-state index in [0.29, 0.717) is 12.0 Å². The molecule has 2 aliphatic rings. The Morgan fingerprint density at radius 1 is 1.03 bits per heavy atom. The van der Waals surface area contributed by atoms with Gasteiger partial charge in [0.25, 0.3) is 0 Å². The zero-order valence-electron chi connectivity index (χ0n) is 17.3. The van der Waals surface area contributed by atoms with Crippen molar-refractivity contribution in [2.45, 2.75) is 69.9 Å². The topological polar surface area (TPSA) is 82.1 Å². The van der Waals surface area contributed by atoms with Crippen LogP contribution in [-0.2, 0) is 6.42 Å². The molecule has 156 valence electrons. The van der Waals surface area contributed by atoms with E-state index in [1.807, 2.05) is 6.20 Å². The Hall–Kier alpha value is -2.18. The molecule has 0 bridgehead atoms. The lowest BCUT2D eigenvalue weighted by atomic mass is 9.90. The summed E-state index contributed by atoms with van der Waals surface area (Å²) >= 11 is 0. The molecule has 2 heterocycles. The molecule has 0 unspecified atom stereocenters. The van der Waals surface area contributed by atoms with E-state index < -0.39 is 0 Å². The SMILES string of the molecule is CCc1ncc(Nc2ccc(C3CCNCC3)cc2)nc1N[C@H]1CC[C@H](O)CC1. The molecule has 1 aromatic heterocycles. The predicted octanol–water partition coefficient (Wildman–Crippen LogP) is 3.97. The van der Waals surface area contributed by atoms with Crippen LogP contribution in [0.15, 0.2) is 30.5 Å². The second-order valence-corrected chi connectivity index (χ2v) is 8.33. The molecule has 1 aliphatic carbocycles. The van der Waals surface area contributed by atoms with Gasteiger partial charge in [0.15, 0.2) is 5.82 Å². The van der Waals surface area contributed by atoms with E-state index in [2.05, 4.69) is 52.1 Å². The molecule has 1 saturated carbocycles. The van der Waals surface area contributed by atoms with Crippen LogP contribution in [0.1, 0.15) is 62.6 Å². The van der Waals surface area contributed by atoms with Crippen molar-refractivity contribution < 1.29 is 5.11 Å². The van der Waals surface area contributed by atoms with Gasteiger partial charge >= 0.3 is 0 Å². The lowest BCUT2D eigenvalue weighted by Crippen LogP contribution is -2.29. The number of aryl methyl sites for hydroxylation is 1. The monoisotopic (exact) mass is 395 g/mol. The normalized spacial score (nSPS) is 23.0. The second kappa shape index (κ2) is 9.55. The fourth-order valence-corrected chi connectivity index (χ4v) is 4.40. The van der Waals surface area contributed by atoms with Crippen LogP contribution in [0.5, 0.6) is 0 Å². The summed E-state index contributed by atoms with van der Waals surface area (Å²) in [6.07, 6.45) is 8.59. The number of nitrogens with zero attached hydrogens (tertiary/aromatic N) is 2. The third-order valence-corrected chi connectivity index (χ3v) is 6.21. The van der Waals surface area contributed by atoms with Gasteiger partial charge in [0.2, 0.25) is 0 Å². The Bertz CT molecular complexity index is 780. The van der Waals surface area contributed by atoms with Crippen molar-refractivity contribution >= 4 is 17.3 Å². The molecule has 29 heavy (non-hydrogen) atoms. The first-order valence-corrected chi connectivity index (χ1v) is 11.1. The van der Waals surface area contributed by atoms with Crippen molar-refractivity contribution in [1.82, 2.24) is 15.3 Å². The number of aromatic nitrogens is 2. The fourth-order valence-electron chi connectivity index (χ4n) is 4.40. The van der Waals surface area contributed by atoms with E-state index in [1.54, 1.807) is 0 Å². The third-order valence-electron chi connectivity index (χ3n) is 6.21. The number of hydrogen-bond acceptors (Lipinski definition) is 6. The van der Waals surface area contributed by atoms with Crippen LogP contribution in [0.4, 0.5) is 17.3 Å². The third kappa shape index (κ3) is 5.25. The quantitative estimate of drug-likeness (QED) is 0.593. The minimum absolute atomic E-state index is 0.148. The molecule has 1 aliphatic heterocycles. The van der Waals surface area contributed by atoms with Crippen molar-refractivity contribution in [2.24, 2.45) is 0 Å². The van der Waals surface area contributed by atoms with E-state index in [9.17, 15) is 5.11 Å². The lowest BCUT2D eigenvalue weighted by molar-refractivity contribution is 0.126. The number of hydrogen-bond donors (Lipinski definition) is 4. The van der Waals surface area contributed by atoms with Gasteiger partial charge in [-0.3, -0.25) is 4.98 Å². The van der Waals surface area contributed by atoms with E-state index >= 15 is 0 Å². The van der Waals surface area contributed by atoms with Crippen LogP contribution >= 0.6 is 0 Å². The number of aliphatic hydroxyl groups excluding tert-OH is 1. The predicted molar refractivity (Wildman–Crippen MR) is 118 cm³/mol. The van der Waals surface area contributed by atoms with Gasteiger partial charge in [-0.15, -0.1) is 0 Å². The molecule has 0 atom stereocenters. The first-order valence-electron chi connectivity index (χ1n) is 11.1. The molecule has 6 heteroatoms. The molecule has 0 radical (unpaired) electrons. The highest BCUT2D eigenvalue weighted by Gasteiger charge is 2.21. The molecule has 1 saturated heterocycles. The van der Waals surface area contributed by atoms with Gasteiger partial charge in [0.1, 0.15) is 5.82 Å². The first-order chi connectivity index (χ1) is 14.2. The molecule has 2 fully saturated rings. The maximum absolute atomic E-state index is 9.74. The van der Waals surface area contributed by atoms with Crippen LogP contribution in [0.2, 0.25) is 0 Å². The van der Waals surface area contributed by atoms with Crippen molar-refractivity contribution in [1.29, 1.82) is 0 Å². The molecule has 0 spiro atoms. The number of piperidine rings is 1. The summed E-state index contributed by atoms with van der Waals surface area (Å²) in [4.78, 5) is 9.43. The first kappa shape index (κ1) is 20.1. The van der Waals surface area contributed by atoms with Crippen LogP contribution in [0.25, 0.3) is 0 Å². The molecular weight excluding hydrogens is 362 g/mol. The second-order valence-electron chi connectivity index (χ2n) is 8.33. The molecule has 4 N–H and O–H groups in total.